The van der Waals surface area contributed by atoms with Crippen LogP contribution in [0.15, 0.2) is 5.51 Å². The highest BCUT2D eigenvalue weighted by atomic mass is 32.1. The first-order valence-corrected chi connectivity index (χ1v) is 6.29. The van der Waals surface area contributed by atoms with Gasteiger partial charge in [-0.3, -0.25) is 15.0 Å². The molecule has 0 aliphatic rings. The van der Waals surface area contributed by atoms with E-state index in [0.717, 1.165) is 0 Å². The van der Waals surface area contributed by atoms with Gasteiger partial charge in [0.2, 0.25) is 11.0 Å². The average molecular weight is 258 g/mol. The van der Waals surface area contributed by atoms with Crippen molar-refractivity contribution in [3.8, 4) is 0 Å². The van der Waals surface area contributed by atoms with Crippen molar-refractivity contribution >= 4 is 22.4 Å². The van der Waals surface area contributed by atoms with Crippen LogP contribution in [0.1, 0.15) is 20.8 Å². The molecule has 1 rings (SSSR count). The number of aromatic nitrogens is 2. The molecule has 0 aliphatic heterocycles. The van der Waals surface area contributed by atoms with Gasteiger partial charge < -0.3 is 5.11 Å². The molecule has 2 N–H and O–H groups in total. The van der Waals surface area contributed by atoms with Gasteiger partial charge in [-0.25, -0.2) is 0 Å². The van der Waals surface area contributed by atoms with E-state index < -0.39 is 5.60 Å². The molecule has 96 valence electrons. The predicted molar refractivity (Wildman–Crippen MR) is 67.0 cm³/mol. The van der Waals surface area contributed by atoms with E-state index in [1.54, 1.807) is 19.4 Å². The first-order chi connectivity index (χ1) is 7.90. The lowest BCUT2D eigenvalue weighted by atomic mass is 10.1. The van der Waals surface area contributed by atoms with Crippen LogP contribution in [0.3, 0.4) is 0 Å². The van der Waals surface area contributed by atoms with Gasteiger partial charge in [-0.1, -0.05) is 18.3 Å². The Morgan fingerprint density at radius 3 is 2.82 bits per heavy atom. The molecule has 1 amide bonds. The highest BCUT2D eigenvalue weighted by Crippen LogP contribution is 2.08. The molecule has 1 heterocycles. The van der Waals surface area contributed by atoms with Crippen molar-refractivity contribution in [3.05, 3.63) is 5.51 Å². The van der Waals surface area contributed by atoms with E-state index in [9.17, 15) is 9.90 Å². The van der Waals surface area contributed by atoms with Crippen molar-refractivity contribution in [1.82, 2.24) is 15.1 Å². The Kier molecular flexibility index (Phi) is 4.98. The molecule has 0 unspecified atom stereocenters. The number of anilines is 1. The minimum Gasteiger partial charge on any atom is -0.389 e. The number of aliphatic hydroxyl groups is 1. The fourth-order valence-corrected chi connectivity index (χ4v) is 1.88. The van der Waals surface area contributed by atoms with E-state index in [1.807, 2.05) is 11.8 Å². The van der Waals surface area contributed by atoms with Crippen LogP contribution in [0.5, 0.6) is 0 Å². The molecule has 0 radical (unpaired) electrons. The smallest absolute Gasteiger partial charge is 0.240 e. The van der Waals surface area contributed by atoms with Crippen LogP contribution < -0.4 is 5.32 Å². The molecule has 0 saturated carbocycles. The topological polar surface area (TPSA) is 78.4 Å². The van der Waals surface area contributed by atoms with E-state index in [2.05, 4.69) is 15.5 Å². The maximum atomic E-state index is 11.7. The molecule has 0 atom stereocenters. The maximum Gasteiger partial charge on any atom is 0.240 e. The van der Waals surface area contributed by atoms with Crippen molar-refractivity contribution in [1.29, 1.82) is 0 Å². The van der Waals surface area contributed by atoms with Gasteiger partial charge in [-0.15, -0.1) is 10.2 Å². The molecule has 1 aromatic rings. The number of nitrogens with one attached hydrogen (secondary N) is 1. The summed E-state index contributed by atoms with van der Waals surface area (Å²) in [7, 11) is 0. The molecule has 0 spiro atoms. The Morgan fingerprint density at radius 2 is 2.35 bits per heavy atom. The molecule has 0 aliphatic carbocycles. The van der Waals surface area contributed by atoms with Crippen LogP contribution in [0.2, 0.25) is 0 Å². The molecule has 0 fully saturated rings. The van der Waals surface area contributed by atoms with E-state index in [-0.39, 0.29) is 12.5 Å². The van der Waals surface area contributed by atoms with Crippen LogP contribution >= 0.6 is 11.3 Å². The molecule has 0 aromatic carbocycles. The van der Waals surface area contributed by atoms with Crippen molar-refractivity contribution in [3.63, 3.8) is 0 Å². The van der Waals surface area contributed by atoms with Crippen molar-refractivity contribution < 1.29 is 9.90 Å². The maximum absolute atomic E-state index is 11.7. The fraction of sp³-hybridized carbons (Fsp3) is 0.700. The Morgan fingerprint density at radius 1 is 1.65 bits per heavy atom. The monoisotopic (exact) mass is 258 g/mol. The zero-order valence-electron chi connectivity index (χ0n) is 10.3. The number of carbonyl (C=O) groups is 1. The Labute approximate surface area is 105 Å². The lowest BCUT2D eigenvalue weighted by Crippen LogP contribution is -2.42. The fourth-order valence-electron chi connectivity index (χ4n) is 1.42. The number of hydrogen-bond acceptors (Lipinski definition) is 6. The van der Waals surface area contributed by atoms with E-state index in [4.69, 9.17) is 0 Å². The van der Waals surface area contributed by atoms with E-state index >= 15 is 0 Å². The highest BCUT2D eigenvalue weighted by molar-refractivity contribution is 7.13. The van der Waals surface area contributed by atoms with Crippen LogP contribution in [0.4, 0.5) is 5.13 Å². The van der Waals surface area contributed by atoms with Crippen molar-refractivity contribution in [2.45, 2.75) is 26.4 Å². The van der Waals surface area contributed by atoms with Gasteiger partial charge in [0.1, 0.15) is 5.51 Å². The van der Waals surface area contributed by atoms with Gasteiger partial charge in [-0.05, 0) is 20.4 Å². The molecule has 0 saturated heterocycles. The third kappa shape index (κ3) is 5.71. The number of carbonyl (C=O) groups excluding carboxylic acids is 1. The minimum atomic E-state index is -0.807. The summed E-state index contributed by atoms with van der Waals surface area (Å²) in [5.74, 6) is -0.146. The molecular formula is C10H18N4O2S. The number of likely N-dealkylation sites (N-methyl/N-ethyl adjacent to an activating group) is 1. The molecule has 0 bridgehead atoms. The molecular weight excluding hydrogens is 240 g/mol. The third-order valence-corrected chi connectivity index (χ3v) is 2.64. The number of hydrogen-bond donors (Lipinski definition) is 2. The van der Waals surface area contributed by atoms with Crippen molar-refractivity contribution in [2.24, 2.45) is 0 Å². The zero-order valence-corrected chi connectivity index (χ0v) is 11.1. The second-order valence-electron chi connectivity index (χ2n) is 4.41. The molecule has 1 aromatic heterocycles. The van der Waals surface area contributed by atoms with Gasteiger partial charge in [0.15, 0.2) is 0 Å². The summed E-state index contributed by atoms with van der Waals surface area (Å²) in [5, 5.41) is 20.2. The first kappa shape index (κ1) is 14.0. The van der Waals surface area contributed by atoms with Crippen LogP contribution in [-0.4, -0.2) is 51.3 Å². The Balaban J connectivity index is 2.43. The van der Waals surface area contributed by atoms with Gasteiger partial charge >= 0.3 is 0 Å². The predicted octanol–water partition coefficient (Wildman–Crippen LogP) is 0.569. The van der Waals surface area contributed by atoms with Crippen LogP contribution in [0.25, 0.3) is 0 Å². The van der Waals surface area contributed by atoms with Gasteiger partial charge in [0.05, 0.1) is 12.1 Å². The molecule has 6 nitrogen and oxygen atoms in total. The highest BCUT2D eigenvalue weighted by Gasteiger charge is 2.19. The number of rotatable bonds is 6. The van der Waals surface area contributed by atoms with Crippen molar-refractivity contribution in [2.75, 3.05) is 25.0 Å². The lowest BCUT2D eigenvalue weighted by molar-refractivity contribution is -0.117. The van der Waals surface area contributed by atoms with Gasteiger partial charge in [-0.2, -0.15) is 0 Å². The Bertz CT molecular complexity index is 348. The van der Waals surface area contributed by atoms with Gasteiger partial charge in [0.25, 0.3) is 0 Å². The standard InChI is InChI=1S/C10H18N4O2S/c1-4-14(6-10(2,3)16)5-8(15)12-9-13-11-7-17-9/h7,16H,4-6H2,1-3H3,(H,12,13,15). The minimum absolute atomic E-state index is 0.146. The van der Waals surface area contributed by atoms with Gasteiger partial charge in [0, 0.05) is 6.54 Å². The SMILES string of the molecule is CCN(CC(=O)Nc1nncs1)CC(C)(C)O. The summed E-state index contributed by atoms with van der Waals surface area (Å²) in [6, 6.07) is 0. The van der Waals surface area contributed by atoms with Crippen LogP contribution in [0, 0.1) is 0 Å². The number of nitrogens with zero attached hydrogens (tertiary/aromatic N) is 3. The largest absolute Gasteiger partial charge is 0.389 e. The second kappa shape index (κ2) is 6.04. The Hall–Kier alpha value is -1.05. The van der Waals surface area contributed by atoms with Crippen LogP contribution in [-0.2, 0) is 4.79 Å². The van der Waals surface area contributed by atoms with E-state index in [1.165, 1.54) is 11.3 Å². The lowest BCUT2D eigenvalue weighted by Gasteiger charge is -2.27. The molecule has 7 heteroatoms. The summed E-state index contributed by atoms with van der Waals surface area (Å²) in [6.07, 6.45) is 0. The average Bonchev–Trinajstić information content (AvgIpc) is 2.67. The summed E-state index contributed by atoms with van der Waals surface area (Å²) < 4.78 is 0. The summed E-state index contributed by atoms with van der Waals surface area (Å²) in [5.41, 5.74) is 0.753. The quantitative estimate of drug-likeness (QED) is 0.780. The summed E-state index contributed by atoms with van der Waals surface area (Å²) >= 11 is 1.28. The second-order valence-corrected chi connectivity index (χ2v) is 5.24. The molecule has 17 heavy (non-hydrogen) atoms. The third-order valence-electron chi connectivity index (χ3n) is 2.03. The normalized spacial score (nSPS) is 11.8. The summed E-state index contributed by atoms with van der Waals surface area (Å²) in [4.78, 5) is 13.5. The first-order valence-electron chi connectivity index (χ1n) is 5.41. The van der Waals surface area contributed by atoms with E-state index in [0.29, 0.717) is 18.2 Å². The summed E-state index contributed by atoms with van der Waals surface area (Å²) in [6.45, 7) is 6.78. The zero-order chi connectivity index (χ0) is 12.9. The number of amides is 1.